The molecule has 3 heteroatoms. The van der Waals surface area contributed by atoms with Gasteiger partial charge in [-0.3, -0.25) is 4.79 Å². The van der Waals surface area contributed by atoms with Gasteiger partial charge in [0.15, 0.2) is 0 Å². The van der Waals surface area contributed by atoms with Crippen molar-refractivity contribution < 1.29 is 9.90 Å². The van der Waals surface area contributed by atoms with E-state index < -0.39 is 5.97 Å². The Labute approximate surface area is 85.1 Å². The summed E-state index contributed by atoms with van der Waals surface area (Å²) in [6, 6.07) is 0. The summed E-state index contributed by atoms with van der Waals surface area (Å²) in [5, 5.41) is 9.24. The smallest absolute Gasteiger partial charge is 0.307 e. The lowest BCUT2D eigenvalue weighted by Crippen LogP contribution is -2.51. The van der Waals surface area contributed by atoms with Crippen LogP contribution in [0.15, 0.2) is 0 Å². The van der Waals surface area contributed by atoms with Crippen molar-refractivity contribution in [2.24, 2.45) is 17.8 Å². The molecule has 14 heavy (non-hydrogen) atoms. The van der Waals surface area contributed by atoms with E-state index in [1.807, 2.05) is 0 Å². The minimum absolute atomic E-state index is 0.0614. The largest absolute Gasteiger partial charge is 0.481 e. The molecule has 1 heterocycles. The first-order chi connectivity index (χ1) is 6.68. The van der Waals surface area contributed by atoms with Gasteiger partial charge in [0.05, 0.1) is 5.92 Å². The Morgan fingerprint density at radius 1 is 1.29 bits per heavy atom. The van der Waals surface area contributed by atoms with Gasteiger partial charge in [-0.1, -0.05) is 12.8 Å². The Kier molecular flexibility index (Phi) is 2.77. The summed E-state index contributed by atoms with van der Waals surface area (Å²) in [5.74, 6) is 0.260. The van der Waals surface area contributed by atoms with Crippen LogP contribution in [0, 0.1) is 17.8 Å². The molecule has 1 aliphatic heterocycles. The second-order valence-corrected chi connectivity index (χ2v) is 4.89. The van der Waals surface area contributed by atoms with Crippen LogP contribution in [0.4, 0.5) is 0 Å². The fourth-order valence-electron chi connectivity index (χ4n) is 3.08. The highest BCUT2D eigenvalue weighted by atomic mass is 16.4. The monoisotopic (exact) mass is 197 g/mol. The van der Waals surface area contributed by atoms with Crippen LogP contribution in [0.25, 0.3) is 0 Å². The molecule has 1 unspecified atom stereocenters. The van der Waals surface area contributed by atoms with Crippen molar-refractivity contribution in [2.75, 3.05) is 20.1 Å². The Balaban J connectivity index is 1.96. The van der Waals surface area contributed by atoms with Crippen LogP contribution in [0.3, 0.4) is 0 Å². The number of aliphatic carboxylic acids is 1. The van der Waals surface area contributed by atoms with Crippen LogP contribution in [0.1, 0.15) is 25.7 Å². The molecule has 0 aromatic rings. The minimum atomic E-state index is -0.560. The van der Waals surface area contributed by atoms with Gasteiger partial charge in [-0.25, -0.2) is 0 Å². The number of likely N-dealkylation sites (tertiary alicyclic amines) is 1. The third-order valence-corrected chi connectivity index (χ3v) is 3.79. The zero-order valence-corrected chi connectivity index (χ0v) is 8.78. The molecular weight excluding hydrogens is 178 g/mol. The van der Waals surface area contributed by atoms with Gasteiger partial charge < -0.3 is 10.0 Å². The van der Waals surface area contributed by atoms with Crippen molar-refractivity contribution in [3.63, 3.8) is 0 Å². The van der Waals surface area contributed by atoms with Gasteiger partial charge in [0, 0.05) is 13.1 Å². The van der Waals surface area contributed by atoms with E-state index in [-0.39, 0.29) is 5.92 Å². The van der Waals surface area contributed by atoms with E-state index in [0.717, 1.165) is 25.9 Å². The molecule has 0 aromatic heterocycles. The quantitative estimate of drug-likeness (QED) is 0.744. The Morgan fingerprint density at radius 3 is 2.29 bits per heavy atom. The Morgan fingerprint density at radius 2 is 1.86 bits per heavy atom. The Bertz CT molecular complexity index is 217. The van der Waals surface area contributed by atoms with Crippen LogP contribution >= 0.6 is 0 Å². The summed E-state index contributed by atoms with van der Waals surface area (Å²) in [6.07, 6.45) is 4.74. The molecule has 0 spiro atoms. The maximum absolute atomic E-state index is 11.2. The average Bonchev–Trinajstić information content (AvgIpc) is 2.54. The molecular formula is C11H19NO2. The second-order valence-electron chi connectivity index (χ2n) is 4.89. The van der Waals surface area contributed by atoms with E-state index >= 15 is 0 Å². The summed E-state index contributed by atoms with van der Waals surface area (Å²) in [4.78, 5) is 13.4. The highest BCUT2D eigenvalue weighted by Gasteiger charge is 2.41. The van der Waals surface area contributed by atoms with Crippen LogP contribution < -0.4 is 0 Å². The van der Waals surface area contributed by atoms with Gasteiger partial charge >= 0.3 is 5.97 Å². The second kappa shape index (κ2) is 3.89. The number of carboxylic acid groups (broad SMARTS) is 1. The molecule has 0 amide bonds. The molecule has 2 aliphatic rings. The number of rotatable bonds is 3. The maximum Gasteiger partial charge on any atom is 0.307 e. The van der Waals surface area contributed by atoms with Gasteiger partial charge in [-0.15, -0.1) is 0 Å². The van der Waals surface area contributed by atoms with Crippen molar-refractivity contribution in [3.05, 3.63) is 0 Å². The highest BCUT2D eigenvalue weighted by molar-refractivity contribution is 5.71. The van der Waals surface area contributed by atoms with E-state index in [0.29, 0.717) is 11.8 Å². The lowest BCUT2D eigenvalue weighted by molar-refractivity contribution is -0.148. The van der Waals surface area contributed by atoms with Crippen LogP contribution in [0.2, 0.25) is 0 Å². The Hall–Kier alpha value is -0.570. The first-order valence-corrected chi connectivity index (χ1v) is 5.60. The number of carbonyl (C=O) groups is 1. The number of carboxylic acids is 1. The molecule has 0 radical (unpaired) electrons. The first kappa shape index (κ1) is 9.97. The van der Waals surface area contributed by atoms with E-state index in [4.69, 9.17) is 0 Å². The lowest BCUT2D eigenvalue weighted by Gasteiger charge is -2.41. The summed E-state index contributed by atoms with van der Waals surface area (Å²) >= 11 is 0. The molecule has 0 aromatic carbocycles. The van der Waals surface area contributed by atoms with Crippen LogP contribution in [-0.2, 0) is 4.79 Å². The molecule has 1 N–H and O–H groups in total. The normalized spacial score (nSPS) is 27.5. The topological polar surface area (TPSA) is 40.5 Å². The van der Waals surface area contributed by atoms with E-state index in [9.17, 15) is 9.90 Å². The summed E-state index contributed by atoms with van der Waals surface area (Å²) in [5.41, 5.74) is 0. The molecule has 0 bridgehead atoms. The van der Waals surface area contributed by atoms with E-state index in [2.05, 4.69) is 11.9 Å². The molecule has 3 nitrogen and oxygen atoms in total. The van der Waals surface area contributed by atoms with Crippen molar-refractivity contribution in [1.29, 1.82) is 0 Å². The van der Waals surface area contributed by atoms with E-state index in [1.54, 1.807) is 0 Å². The lowest BCUT2D eigenvalue weighted by atomic mass is 9.77. The molecule has 1 aliphatic carbocycles. The van der Waals surface area contributed by atoms with Crippen molar-refractivity contribution in [3.8, 4) is 0 Å². The first-order valence-electron chi connectivity index (χ1n) is 5.60. The predicted octanol–water partition coefficient (Wildman–Crippen LogP) is 1.44. The third kappa shape index (κ3) is 1.78. The minimum Gasteiger partial charge on any atom is -0.481 e. The zero-order valence-electron chi connectivity index (χ0n) is 8.78. The third-order valence-electron chi connectivity index (χ3n) is 3.79. The van der Waals surface area contributed by atoms with Crippen LogP contribution in [0.5, 0.6) is 0 Å². The fourth-order valence-corrected chi connectivity index (χ4v) is 3.08. The summed E-state index contributed by atoms with van der Waals surface area (Å²) in [6.45, 7) is 1.96. The van der Waals surface area contributed by atoms with Gasteiger partial charge in [0.25, 0.3) is 0 Å². The number of hydrogen-bond donors (Lipinski definition) is 1. The van der Waals surface area contributed by atoms with Crippen molar-refractivity contribution in [1.82, 2.24) is 4.90 Å². The van der Waals surface area contributed by atoms with Gasteiger partial charge in [0.2, 0.25) is 0 Å². The standard InChI is InChI=1S/C11H19NO2/c1-12-6-9(7-12)10(11(13)14)8-4-2-3-5-8/h8-10H,2-7H2,1H3,(H,13,14). The molecule has 1 atom stereocenters. The predicted molar refractivity (Wildman–Crippen MR) is 54.1 cm³/mol. The van der Waals surface area contributed by atoms with Gasteiger partial charge in [-0.2, -0.15) is 0 Å². The molecule has 2 fully saturated rings. The zero-order chi connectivity index (χ0) is 10.1. The van der Waals surface area contributed by atoms with Crippen molar-refractivity contribution in [2.45, 2.75) is 25.7 Å². The molecule has 1 saturated heterocycles. The maximum atomic E-state index is 11.2. The highest BCUT2D eigenvalue weighted by Crippen LogP contribution is 2.38. The fraction of sp³-hybridized carbons (Fsp3) is 0.909. The summed E-state index contributed by atoms with van der Waals surface area (Å²) < 4.78 is 0. The van der Waals surface area contributed by atoms with Gasteiger partial charge in [0.1, 0.15) is 0 Å². The summed E-state index contributed by atoms with van der Waals surface area (Å²) in [7, 11) is 2.06. The molecule has 2 rings (SSSR count). The molecule has 1 saturated carbocycles. The van der Waals surface area contributed by atoms with E-state index in [1.165, 1.54) is 12.8 Å². The van der Waals surface area contributed by atoms with Crippen LogP contribution in [-0.4, -0.2) is 36.1 Å². The number of hydrogen-bond acceptors (Lipinski definition) is 2. The average molecular weight is 197 g/mol. The SMILES string of the molecule is CN1CC(C(C(=O)O)C2CCCC2)C1. The van der Waals surface area contributed by atoms with Crippen molar-refractivity contribution >= 4 is 5.97 Å². The molecule has 80 valence electrons. The number of nitrogens with zero attached hydrogens (tertiary/aromatic N) is 1. The van der Waals surface area contributed by atoms with Gasteiger partial charge in [-0.05, 0) is 31.7 Å².